The first-order chi connectivity index (χ1) is 19.0. The number of hydrogen-bond donors (Lipinski definition) is 4. The van der Waals surface area contributed by atoms with Crippen LogP contribution in [-0.4, -0.2) is 97.4 Å². The lowest BCUT2D eigenvalue weighted by Crippen LogP contribution is -2.60. The molecule has 2 heterocycles. The molecule has 0 bridgehead atoms. The fourth-order valence-corrected chi connectivity index (χ4v) is 8.08. The van der Waals surface area contributed by atoms with E-state index in [1.807, 2.05) is 42.2 Å². The summed E-state index contributed by atoms with van der Waals surface area (Å²) >= 11 is 0. The van der Waals surface area contributed by atoms with Gasteiger partial charge in [0.1, 0.15) is 6.23 Å². The third kappa shape index (κ3) is 7.05. The van der Waals surface area contributed by atoms with E-state index in [0.29, 0.717) is 19.4 Å². The maximum absolute atomic E-state index is 13.7. The van der Waals surface area contributed by atoms with E-state index < -0.39 is 46.3 Å². The number of likely N-dealkylation sites (N-methyl/N-ethyl adjacent to an activating group) is 1. The number of likely N-dealkylation sites (tertiary alicyclic amines) is 1. The van der Waals surface area contributed by atoms with Gasteiger partial charge in [0.05, 0.1) is 24.3 Å². The SMILES string of the molecule is CNC(C)C(=O)NC(C1CCCCC1)C(O)N1CCC2C1C(C(=O)NC(C)Cc1ccccc1)CN2S(C)(=O)=O. The van der Waals surface area contributed by atoms with Crippen LogP contribution in [0, 0.1) is 11.8 Å². The molecule has 0 spiro atoms. The van der Waals surface area contributed by atoms with E-state index in [1.165, 1.54) is 10.6 Å². The number of amides is 2. The van der Waals surface area contributed by atoms with Crippen LogP contribution in [0.4, 0.5) is 0 Å². The quantitative estimate of drug-likeness (QED) is 0.309. The smallest absolute Gasteiger partial charge is 0.237 e. The molecule has 10 nitrogen and oxygen atoms in total. The largest absolute Gasteiger partial charge is 0.376 e. The Bertz CT molecular complexity index is 1110. The lowest BCUT2D eigenvalue weighted by molar-refractivity contribution is -0.132. The van der Waals surface area contributed by atoms with Crippen LogP contribution in [0.2, 0.25) is 0 Å². The molecule has 3 fully saturated rings. The Hall–Kier alpha value is -2.05. The predicted octanol–water partition coefficient (Wildman–Crippen LogP) is 1.06. The molecule has 11 heteroatoms. The lowest BCUT2D eigenvalue weighted by atomic mass is 9.82. The summed E-state index contributed by atoms with van der Waals surface area (Å²) in [6, 6.07) is 7.98. The van der Waals surface area contributed by atoms with E-state index in [2.05, 4.69) is 16.0 Å². The first kappa shape index (κ1) is 30.9. The monoisotopic (exact) mass is 577 g/mol. The highest BCUT2D eigenvalue weighted by Gasteiger charge is 2.56. The number of sulfonamides is 1. The van der Waals surface area contributed by atoms with Crippen molar-refractivity contribution in [3.05, 3.63) is 35.9 Å². The van der Waals surface area contributed by atoms with Crippen LogP contribution >= 0.6 is 0 Å². The third-order valence-corrected chi connectivity index (χ3v) is 10.4. The van der Waals surface area contributed by atoms with Gasteiger partial charge in [-0.1, -0.05) is 49.6 Å². The molecule has 1 saturated carbocycles. The number of nitrogens with zero attached hydrogens (tertiary/aromatic N) is 2. The Kier molecular flexibility index (Phi) is 10.3. The lowest BCUT2D eigenvalue weighted by Gasteiger charge is -2.41. The zero-order valence-electron chi connectivity index (χ0n) is 24.3. The van der Waals surface area contributed by atoms with Crippen LogP contribution in [-0.2, 0) is 26.0 Å². The molecule has 4 rings (SSSR count). The molecule has 3 aliphatic rings. The fraction of sp³-hybridized carbons (Fsp3) is 0.724. The molecule has 0 aromatic heterocycles. The maximum Gasteiger partial charge on any atom is 0.237 e. The van der Waals surface area contributed by atoms with Gasteiger partial charge in [0, 0.05) is 31.2 Å². The van der Waals surface area contributed by atoms with Crippen molar-refractivity contribution in [2.75, 3.05) is 26.4 Å². The molecule has 0 radical (unpaired) electrons. The second kappa shape index (κ2) is 13.3. The Morgan fingerprint density at radius 3 is 2.35 bits per heavy atom. The van der Waals surface area contributed by atoms with Gasteiger partial charge in [0.25, 0.3) is 0 Å². The molecule has 7 atom stereocenters. The molecule has 1 aromatic carbocycles. The van der Waals surface area contributed by atoms with E-state index in [4.69, 9.17) is 0 Å². The van der Waals surface area contributed by atoms with Crippen LogP contribution in [0.15, 0.2) is 30.3 Å². The van der Waals surface area contributed by atoms with Gasteiger partial charge in [-0.05, 0) is 58.1 Å². The number of benzene rings is 1. The minimum Gasteiger partial charge on any atom is -0.376 e. The van der Waals surface area contributed by atoms with Gasteiger partial charge in [-0.3, -0.25) is 14.5 Å². The zero-order valence-corrected chi connectivity index (χ0v) is 25.1. The average molecular weight is 578 g/mol. The number of aliphatic hydroxyl groups excluding tert-OH is 1. The van der Waals surface area contributed by atoms with Gasteiger partial charge >= 0.3 is 0 Å². The highest BCUT2D eigenvalue weighted by molar-refractivity contribution is 7.88. The molecule has 1 aliphatic carbocycles. The van der Waals surface area contributed by atoms with Crippen molar-refractivity contribution in [2.24, 2.45) is 11.8 Å². The number of hydrogen-bond acceptors (Lipinski definition) is 7. The molecule has 4 N–H and O–H groups in total. The number of nitrogens with one attached hydrogen (secondary N) is 3. The summed E-state index contributed by atoms with van der Waals surface area (Å²) < 4.78 is 27.0. The van der Waals surface area contributed by atoms with Gasteiger partial charge in [-0.25, -0.2) is 8.42 Å². The number of carbonyl (C=O) groups excluding carboxylic acids is 2. The summed E-state index contributed by atoms with van der Waals surface area (Å²) in [5.74, 6) is -0.901. The summed E-state index contributed by atoms with van der Waals surface area (Å²) in [7, 11) is -1.83. The molecule has 2 saturated heterocycles. The molecule has 7 unspecified atom stereocenters. The predicted molar refractivity (Wildman–Crippen MR) is 155 cm³/mol. The summed E-state index contributed by atoms with van der Waals surface area (Å²) in [6.07, 6.45) is 6.40. The van der Waals surface area contributed by atoms with E-state index in [9.17, 15) is 23.1 Å². The summed E-state index contributed by atoms with van der Waals surface area (Å²) in [4.78, 5) is 28.5. The average Bonchev–Trinajstić information content (AvgIpc) is 3.52. The molecular formula is C29H47N5O5S. The Labute approximate surface area is 239 Å². The number of aliphatic hydroxyl groups is 1. The molecule has 2 amide bonds. The number of rotatable bonds is 11. The first-order valence-electron chi connectivity index (χ1n) is 14.7. The van der Waals surface area contributed by atoms with Crippen LogP contribution in [0.25, 0.3) is 0 Å². The van der Waals surface area contributed by atoms with Gasteiger partial charge < -0.3 is 21.1 Å². The third-order valence-electron chi connectivity index (χ3n) is 9.11. The second-order valence-corrected chi connectivity index (χ2v) is 13.9. The van der Waals surface area contributed by atoms with Crippen molar-refractivity contribution in [3.63, 3.8) is 0 Å². The second-order valence-electron chi connectivity index (χ2n) is 12.0. The van der Waals surface area contributed by atoms with Crippen LogP contribution in [0.5, 0.6) is 0 Å². The summed E-state index contributed by atoms with van der Waals surface area (Å²) in [6.45, 7) is 4.26. The number of carbonyl (C=O) groups is 2. The minimum atomic E-state index is -3.56. The minimum absolute atomic E-state index is 0.0819. The number of fused-ring (bicyclic) bond motifs is 1. The maximum atomic E-state index is 13.7. The topological polar surface area (TPSA) is 131 Å². The van der Waals surface area contributed by atoms with Crippen molar-refractivity contribution in [3.8, 4) is 0 Å². The normalized spacial score (nSPS) is 27.5. The van der Waals surface area contributed by atoms with Crippen LogP contribution in [0.3, 0.4) is 0 Å². The van der Waals surface area contributed by atoms with E-state index in [1.54, 1.807) is 14.0 Å². The van der Waals surface area contributed by atoms with Crippen molar-refractivity contribution < 1.29 is 23.1 Å². The van der Waals surface area contributed by atoms with Gasteiger partial charge in [-0.15, -0.1) is 0 Å². The van der Waals surface area contributed by atoms with Crippen molar-refractivity contribution in [2.45, 2.75) is 95.2 Å². The summed E-state index contributed by atoms with van der Waals surface area (Å²) in [5, 5.41) is 21.1. The Morgan fingerprint density at radius 2 is 1.73 bits per heavy atom. The standard InChI is InChI=1S/C29H47N5O5S/c1-19(17-21-11-7-5-8-12-21)31-28(36)23-18-34(40(4,38)39)24-15-16-33(26(23)24)29(37)25(22-13-9-6-10-14-22)32-27(35)20(2)30-3/h5,7-8,11-12,19-20,22-26,29-30,37H,6,9-10,13-18H2,1-4H3,(H,31,36)(H,32,35). The fourth-order valence-electron chi connectivity index (χ4n) is 6.93. The van der Waals surface area contributed by atoms with Crippen LogP contribution < -0.4 is 16.0 Å². The van der Waals surface area contributed by atoms with Gasteiger partial charge in [0.2, 0.25) is 21.8 Å². The van der Waals surface area contributed by atoms with Crippen LogP contribution in [0.1, 0.15) is 57.9 Å². The van der Waals surface area contributed by atoms with Crippen molar-refractivity contribution in [1.82, 2.24) is 25.2 Å². The zero-order chi connectivity index (χ0) is 29.0. The van der Waals surface area contributed by atoms with Gasteiger partial charge in [0.15, 0.2) is 0 Å². The molecule has 1 aromatic rings. The molecule has 40 heavy (non-hydrogen) atoms. The summed E-state index contributed by atoms with van der Waals surface area (Å²) in [5.41, 5.74) is 1.11. The van der Waals surface area contributed by atoms with E-state index in [0.717, 1.165) is 37.7 Å². The van der Waals surface area contributed by atoms with Crippen molar-refractivity contribution >= 4 is 21.8 Å². The molecule has 224 valence electrons. The van der Waals surface area contributed by atoms with Crippen molar-refractivity contribution in [1.29, 1.82) is 0 Å². The van der Waals surface area contributed by atoms with E-state index >= 15 is 0 Å². The van der Waals surface area contributed by atoms with Gasteiger partial charge in [-0.2, -0.15) is 4.31 Å². The Morgan fingerprint density at radius 1 is 1.05 bits per heavy atom. The highest BCUT2D eigenvalue weighted by atomic mass is 32.2. The molecular weight excluding hydrogens is 530 g/mol. The first-order valence-corrected chi connectivity index (χ1v) is 16.6. The molecule has 2 aliphatic heterocycles. The Balaban J connectivity index is 1.56. The highest BCUT2D eigenvalue weighted by Crippen LogP contribution is 2.40. The van der Waals surface area contributed by atoms with E-state index in [-0.39, 0.29) is 30.3 Å².